The number of hydrogen-bond acceptors (Lipinski definition) is 2. The van der Waals surface area contributed by atoms with Crippen LogP contribution in [-0.2, 0) is 9.53 Å². The molecule has 0 N–H and O–H groups in total. The second-order valence-electron chi connectivity index (χ2n) is 4.84. The van der Waals surface area contributed by atoms with Gasteiger partial charge in [-0.25, -0.2) is 0 Å². The van der Waals surface area contributed by atoms with Gasteiger partial charge in [0.1, 0.15) is 0 Å². The molecule has 0 rings (SSSR count). The Hall–Kier alpha value is -1.83. The van der Waals surface area contributed by atoms with Gasteiger partial charge < -0.3 is 4.74 Å². The second-order valence-corrected chi connectivity index (χ2v) is 4.84. The summed E-state index contributed by atoms with van der Waals surface area (Å²) in [6.07, 6.45) is 21.9. The minimum atomic E-state index is -2.64. The molecule has 0 aliphatic carbocycles. The Balaban J connectivity index is 3.76. The van der Waals surface area contributed by atoms with Crippen LogP contribution in [0.1, 0.15) is 65.0 Å². The Labute approximate surface area is 149 Å². The van der Waals surface area contributed by atoms with E-state index in [0.717, 1.165) is 38.2 Å². The number of carbonyl (C=O) groups is 1. The lowest BCUT2D eigenvalue weighted by Gasteiger charge is -1.95. The first-order valence-electron chi connectivity index (χ1n) is 10.5. The number of hydrogen-bond donors (Lipinski definition) is 0. The molecule has 0 bridgehead atoms. The quantitative estimate of drug-likeness (QED) is 0.233. The summed E-state index contributed by atoms with van der Waals surface area (Å²) in [5.41, 5.74) is 0. The van der Waals surface area contributed by atoms with Gasteiger partial charge in [0.05, 0.1) is 7.11 Å². The Morgan fingerprint density at radius 3 is 1.83 bits per heavy atom. The lowest BCUT2D eigenvalue weighted by molar-refractivity contribution is -0.140. The van der Waals surface area contributed by atoms with Crippen molar-refractivity contribution in [1.82, 2.24) is 0 Å². The van der Waals surface area contributed by atoms with E-state index in [-0.39, 0.29) is 5.97 Å². The van der Waals surface area contributed by atoms with E-state index in [0.29, 0.717) is 12.8 Å². The summed E-state index contributed by atoms with van der Waals surface area (Å²) in [5.74, 6) is -0.164. The third kappa shape index (κ3) is 18.1. The van der Waals surface area contributed by atoms with Gasteiger partial charge in [-0.3, -0.25) is 4.79 Å². The van der Waals surface area contributed by atoms with Crippen molar-refractivity contribution in [3.63, 3.8) is 0 Å². The molecule has 0 aromatic carbocycles. The Morgan fingerprint density at radius 1 is 0.870 bits per heavy atom. The fraction of sp³-hybridized carbons (Fsp3) is 0.476. The third-order valence-electron chi connectivity index (χ3n) is 2.94. The van der Waals surface area contributed by atoms with E-state index in [9.17, 15) is 4.79 Å². The zero-order chi connectivity index (χ0) is 21.3. The van der Waals surface area contributed by atoms with Crippen molar-refractivity contribution in [2.75, 3.05) is 7.11 Å². The molecule has 0 amide bonds. The molecule has 0 unspecified atom stereocenters. The zero-order valence-corrected chi connectivity index (χ0v) is 14.0. The monoisotopic (exact) mass is 321 g/mol. The molecule has 2 nitrogen and oxygen atoms in total. The predicted molar refractivity (Wildman–Crippen MR) is 100 cm³/mol. The topological polar surface area (TPSA) is 26.3 Å². The number of ether oxygens (including phenoxy) is 1. The standard InChI is InChI=1S/C21H32O2/c1-3-4-5-6-7-8-9-10-11-12-13-14-15-16-17-18-19-20-21(22)23-2/h4-5,7-8,10-11,13-14,16-17H,3,6,9,12,15,18-20H2,1-2H3/b5-4-,8-7-,11-10-,14-13-,17-16-/i1D3,3D2. The molecule has 0 aromatic heterocycles. The highest BCUT2D eigenvalue weighted by atomic mass is 16.5. The Morgan fingerprint density at radius 2 is 1.35 bits per heavy atom. The molecule has 0 atom stereocenters. The van der Waals surface area contributed by atoms with Crippen LogP contribution in [-0.4, -0.2) is 13.1 Å². The number of unbranched alkanes of at least 4 members (excludes halogenated alkanes) is 1. The van der Waals surface area contributed by atoms with Crippen molar-refractivity contribution in [1.29, 1.82) is 0 Å². The first-order valence-corrected chi connectivity index (χ1v) is 8.05. The van der Waals surface area contributed by atoms with Gasteiger partial charge in [0.2, 0.25) is 0 Å². The molecule has 2 heteroatoms. The summed E-state index contributed by atoms with van der Waals surface area (Å²) in [6.45, 7) is -2.64. The highest BCUT2D eigenvalue weighted by molar-refractivity contribution is 5.69. The molecule has 0 spiro atoms. The summed E-state index contributed by atoms with van der Waals surface area (Å²) in [5, 5.41) is 0. The maximum absolute atomic E-state index is 10.9. The van der Waals surface area contributed by atoms with Gasteiger partial charge in [-0.05, 0) is 44.9 Å². The van der Waals surface area contributed by atoms with E-state index in [1.807, 2.05) is 12.2 Å². The SMILES string of the molecule is [2H]C([2H])([2H])C([2H])([2H])/C=C\C/C=C\C/C=C\C/C=C\C/C=C\CCCC(=O)OC. The van der Waals surface area contributed by atoms with Crippen LogP contribution in [0.15, 0.2) is 60.8 Å². The second kappa shape index (κ2) is 18.2. The number of esters is 1. The maximum atomic E-state index is 10.9. The van der Waals surface area contributed by atoms with Crippen molar-refractivity contribution < 1.29 is 16.4 Å². The maximum Gasteiger partial charge on any atom is 0.305 e. The van der Waals surface area contributed by atoms with Gasteiger partial charge >= 0.3 is 5.97 Å². The summed E-state index contributed by atoms with van der Waals surface area (Å²) in [6, 6.07) is 0. The van der Waals surface area contributed by atoms with E-state index in [2.05, 4.69) is 41.2 Å². The lowest BCUT2D eigenvalue weighted by atomic mass is 10.2. The van der Waals surface area contributed by atoms with E-state index >= 15 is 0 Å². The van der Waals surface area contributed by atoms with Crippen molar-refractivity contribution in [2.24, 2.45) is 0 Å². The van der Waals surface area contributed by atoms with Crippen LogP contribution in [0.3, 0.4) is 0 Å². The van der Waals surface area contributed by atoms with Crippen LogP contribution >= 0.6 is 0 Å². The van der Waals surface area contributed by atoms with Crippen LogP contribution in [0, 0.1) is 0 Å². The molecule has 0 radical (unpaired) electrons. The fourth-order valence-electron chi connectivity index (χ4n) is 1.70. The molecule has 0 aromatic rings. The van der Waals surface area contributed by atoms with Crippen molar-refractivity contribution in [3.8, 4) is 0 Å². The van der Waals surface area contributed by atoms with Crippen LogP contribution in [0.2, 0.25) is 0 Å². The number of carbonyl (C=O) groups excluding carboxylic acids is 1. The van der Waals surface area contributed by atoms with E-state index < -0.39 is 13.2 Å². The fourth-order valence-corrected chi connectivity index (χ4v) is 1.70. The van der Waals surface area contributed by atoms with E-state index in [1.54, 1.807) is 0 Å². The van der Waals surface area contributed by atoms with Gasteiger partial charge in [0.25, 0.3) is 0 Å². The van der Waals surface area contributed by atoms with Gasteiger partial charge in [0.15, 0.2) is 0 Å². The van der Waals surface area contributed by atoms with Gasteiger partial charge in [-0.1, -0.05) is 67.6 Å². The molecule has 0 saturated carbocycles. The minimum absolute atomic E-state index is 0.164. The first-order chi connectivity index (χ1) is 13.2. The van der Waals surface area contributed by atoms with Crippen LogP contribution in [0.5, 0.6) is 0 Å². The van der Waals surface area contributed by atoms with Crippen molar-refractivity contribution in [3.05, 3.63) is 60.8 Å². The minimum Gasteiger partial charge on any atom is -0.469 e. The van der Waals surface area contributed by atoms with Crippen molar-refractivity contribution >= 4 is 5.97 Å². The Kier molecular flexibility index (Phi) is 10.8. The summed E-state index contributed by atoms with van der Waals surface area (Å²) < 4.78 is 40.8. The van der Waals surface area contributed by atoms with Gasteiger partial charge in [-0.2, -0.15) is 0 Å². The van der Waals surface area contributed by atoms with E-state index in [4.69, 9.17) is 6.85 Å². The molecular weight excluding hydrogens is 284 g/mol. The smallest absolute Gasteiger partial charge is 0.305 e. The first kappa shape index (κ1) is 13.6. The zero-order valence-electron chi connectivity index (χ0n) is 19.0. The lowest BCUT2D eigenvalue weighted by Crippen LogP contribution is -1.98. The van der Waals surface area contributed by atoms with E-state index in [1.165, 1.54) is 13.2 Å². The van der Waals surface area contributed by atoms with Crippen LogP contribution < -0.4 is 0 Å². The van der Waals surface area contributed by atoms with Crippen LogP contribution in [0.4, 0.5) is 0 Å². The highest BCUT2D eigenvalue weighted by Crippen LogP contribution is 2.00. The van der Waals surface area contributed by atoms with Gasteiger partial charge in [-0.15, -0.1) is 0 Å². The molecule has 0 aliphatic rings. The normalized spacial score (nSPS) is 17.0. The summed E-state index contributed by atoms with van der Waals surface area (Å²) in [7, 11) is 1.40. The number of allylic oxidation sites excluding steroid dienone is 10. The molecule has 0 saturated heterocycles. The largest absolute Gasteiger partial charge is 0.469 e. The molecular formula is C21H32O2. The van der Waals surface area contributed by atoms with Gasteiger partial charge in [0, 0.05) is 13.3 Å². The third-order valence-corrected chi connectivity index (χ3v) is 2.94. The van der Waals surface area contributed by atoms with Crippen LogP contribution in [0.25, 0.3) is 0 Å². The molecule has 0 fully saturated rings. The average molecular weight is 322 g/mol. The predicted octanol–water partition coefficient (Wildman–Crippen LogP) is 6.08. The van der Waals surface area contributed by atoms with Crippen molar-refractivity contribution in [2.45, 2.75) is 58.2 Å². The molecule has 0 heterocycles. The number of rotatable bonds is 13. The Bertz CT molecular complexity index is 570. The molecule has 0 aliphatic heterocycles. The molecule has 128 valence electrons. The summed E-state index contributed by atoms with van der Waals surface area (Å²) >= 11 is 0. The summed E-state index contributed by atoms with van der Waals surface area (Å²) in [4.78, 5) is 10.9. The molecule has 23 heavy (non-hydrogen) atoms. The number of methoxy groups -OCH3 is 1. The average Bonchev–Trinajstić information content (AvgIpc) is 2.62. The highest BCUT2D eigenvalue weighted by Gasteiger charge is 1.96.